The highest BCUT2D eigenvalue weighted by atomic mass is 32.2. The van der Waals surface area contributed by atoms with Crippen molar-refractivity contribution in [3.8, 4) is 0 Å². The first-order chi connectivity index (χ1) is 14.1. The molecule has 0 amide bonds. The quantitative estimate of drug-likeness (QED) is 0.579. The maximum Gasteiger partial charge on any atom is 0.336 e. The van der Waals surface area contributed by atoms with Crippen LogP contribution in [0, 0.1) is 0 Å². The molecule has 2 unspecified atom stereocenters. The number of hydrogen-bond donors (Lipinski definition) is 1. The molecule has 1 aromatic carbocycles. The Morgan fingerprint density at radius 1 is 1.24 bits per heavy atom. The third kappa shape index (κ3) is 4.14. The van der Waals surface area contributed by atoms with Crippen LogP contribution in [0.1, 0.15) is 50.5 Å². The topological polar surface area (TPSA) is 64.6 Å². The number of carbonyl (C=O) groups excluding carboxylic acids is 2. The number of nitrogens with one attached hydrogen (secondary N) is 1. The van der Waals surface area contributed by atoms with E-state index in [2.05, 4.69) is 5.32 Å². The molecule has 0 saturated carbocycles. The van der Waals surface area contributed by atoms with Gasteiger partial charge in [-0.05, 0) is 56.6 Å². The monoisotopic (exact) mass is 413 g/mol. The zero-order valence-electron chi connectivity index (χ0n) is 17.0. The van der Waals surface area contributed by atoms with E-state index in [0.717, 1.165) is 59.7 Å². The SMILES string of the molecule is CSc1ccc(C2C(C(=O)OCC3CCCO3)=C(C)NC3=C2C(=O)CCC3)cc1. The summed E-state index contributed by atoms with van der Waals surface area (Å²) in [7, 11) is 0. The van der Waals surface area contributed by atoms with Crippen LogP contribution < -0.4 is 5.32 Å². The lowest BCUT2D eigenvalue weighted by Gasteiger charge is -2.34. The third-order valence-electron chi connectivity index (χ3n) is 5.87. The summed E-state index contributed by atoms with van der Waals surface area (Å²) in [6, 6.07) is 8.13. The summed E-state index contributed by atoms with van der Waals surface area (Å²) in [5.41, 5.74) is 3.94. The highest BCUT2D eigenvalue weighted by molar-refractivity contribution is 7.98. The highest BCUT2D eigenvalue weighted by Crippen LogP contribution is 2.42. The molecule has 2 atom stereocenters. The first-order valence-corrected chi connectivity index (χ1v) is 11.5. The molecule has 0 bridgehead atoms. The van der Waals surface area contributed by atoms with E-state index in [4.69, 9.17) is 9.47 Å². The molecule has 1 aliphatic carbocycles. The fourth-order valence-electron chi connectivity index (χ4n) is 4.41. The largest absolute Gasteiger partial charge is 0.459 e. The number of allylic oxidation sites excluding steroid dienone is 3. The number of Topliss-reactive ketones (excluding diaryl/α,β-unsaturated/α-hetero) is 1. The Balaban J connectivity index is 1.68. The average molecular weight is 414 g/mol. The Bertz CT molecular complexity index is 865. The third-order valence-corrected chi connectivity index (χ3v) is 6.61. The van der Waals surface area contributed by atoms with Gasteiger partial charge in [0.05, 0.1) is 11.7 Å². The van der Waals surface area contributed by atoms with Crippen LogP contribution in [0.5, 0.6) is 0 Å². The minimum Gasteiger partial charge on any atom is -0.459 e. The summed E-state index contributed by atoms with van der Waals surface area (Å²) in [5, 5.41) is 3.33. The van der Waals surface area contributed by atoms with Crippen molar-refractivity contribution < 1.29 is 19.1 Å². The van der Waals surface area contributed by atoms with Gasteiger partial charge in [0.1, 0.15) is 6.61 Å². The van der Waals surface area contributed by atoms with Gasteiger partial charge in [0.2, 0.25) is 0 Å². The van der Waals surface area contributed by atoms with Crippen molar-refractivity contribution in [3.63, 3.8) is 0 Å². The maximum atomic E-state index is 13.1. The molecule has 0 radical (unpaired) electrons. The van der Waals surface area contributed by atoms with Gasteiger partial charge in [-0.25, -0.2) is 4.79 Å². The van der Waals surface area contributed by atoms with Crippen LogP contribution >= 0.6 is 11.8 Å². The normalized spacial score (nSPS) is 24.4. The number of dihydropyridines is 1. The molecule has 3 aliphatic rings. The number of benzene rings is 1. The molecule has 2 aliphatic heterocycles. The van der Waals surface area contributed by atoms with Crippen LogP contribution in [0.15, 0.2) is 51.7 Å². The zero-order valence-corrected chi connectivity index (χ0v) is 17.8. The van der Waals surface area contributed by atoms with Gasteiger partial charge in [0, 0.05) is 40.8 Å². The standard InChI is InChI=1S/C23H27NO4S/c1-14-20(23(26)28-13-16-5-4-12-27-16)21(15-8-10-17(29-2)11-9-15)22-18(24-14)6-3-7-19(22)25/h8-11,16,21,24H,3-7,12-13H2,1-2H3. The molecule has 6 heteroatoms. The number of rotatable bonds is 5. The Morgan fingerprint density at radius 3 is 2.72 bits per heavy atom. The molecular formula is C23H27NO4S. The fraction of sp³-hybridized carbons (Fsp3) is 0.478. The van der Waals surface area contributed by atoms with Crippen molar-refractivity contribution in [2.24, 2.45) is 0 Å². The molecule has 4 rings (SSSR count). The number of thioether (sulfide) groups is 1. The summed E-state index contributed by atoms with van der Waals surface area (Å²) in [5.74, 6) is -0.629. The van der Waals surface area contributed by atoms with Crippen LogP contribution in [0.2, 0.25) is 0 Å². The first kappa shape index (κ1) is 20.2. The summed E-state index contributed by atoms with van der Waals surface area (Å²) >= 11 is 1.67. The lowest BCUT2D eigenvalue weighted by atomic mass is 9.75. The van der Waals surface area contributed by atoms with Crippen molar-refractivity contribution >= 4 is 23.5 Å². The van der Waals surface area contributed by atoms with E-state index in [1.165, 1.54) is 0 Å². The number of ketones is 1. The van der Waals surface area contributed by atoms with Gasteiger partial charge in [-0.3, -0.25) is 4.79 Å². The van der Waals surface area contributed by atoms with Crippen molar-refractivity contribution in [3.05, 3.63) is 52.4 Å². The molecule has 29 heavy (non-hydrogen) atoms. The Kier molecular flexibility index (Phi) is 6.11. The van der Waals surface area contributed by atoms with Gasteiger partial charge in [-0.1, -0.05) is 12.1 Å². The Morgan fingerprint density at radius 2 is 2.03 bits per heavy atom. The second-order valence-corrected chi connectivity index (χ2v) is 8.65. The predicted octanol–water partition coefficient (Wildman–Crippen LogP) is 4.10. The van der Waals surface area contributed by atoms with Gasteiger partial charge in [-0.2, -0.15) is 0 Å². The van der Waals surface area contributed by atoms with E-state index < -0.39 is 0 Å². The van der Waals surface area contributed by atoms with Crippen LogP contribution in [-0.2, 0) is 19.1 Å². The van der Waals surface area contributed by atoms with Gasteiger partial charge < -0.3 is 14.8 Å². The lowest BCUT2D eigenvalue weighted by molar-refractivity contribution is -0.142. The van der Waals surface area contributed by atoms with Crippen LogP contribution in [-0.4, -0.2) is 37.3 Å². The van der Waals surface area contributed by atoms with Crippen molar-refractivity contribution in [1.82, 2.24) is 5.32 Å². The highest BCUT2D eigenvalue weighted by Gasteiger charge is 2.39. The number of ether oxygens (including phenoxy) is 2. The molecule has 0 aromatic heterocycles. The van der Waals surface area contributed by atoms with Crippen LogP contribution in [0.3, 0.4) is 0 Å². The summed E-state index contributed by atoms with van der Waals surface area (Å²) < 4.78 is 11.2. The maximum absolute atomic E-state index is 13.1. The minimum absolute atomic E-state index is 0.0261. The van der Waals surface area contributed by atoms with E-state index in [-0.39, 0.29) is 30.4 Å². The van der Waals surface area contributed by atoms with E-state index >= 15 is 0 Å². The van der Waals surface area contributed by atoms with Crippen molar-refractivity contribution in [2.75, 3.05) is 19.5 Å². The van der Waals surface area contributed by atoms with Crippen molar-refractivity contribution in [1.29, 1.82) is 0 Å². The van der Waals surface area contributed by atoms with E-state index in [9.17, 15) is 9.59 Å². The molecule has 1 aromatic rings. The molecule has 0 spiro atoms. The van der Waals surface area contributed by atoms with Gasteiger partial charge in [0.25, 0.3) is 0 Å². The number of hydrogen-bond acceptors (Lipinski definition) is 6. The predicted molar refractivity (Wildman–Crippen MR) is 113 cm³/mol. The molecule has 1 fully saturated rings. The van der Waals surface area contributed by atoms with Crippen LogP contribution in [0.25, 0.3) is 0 Å². The summed E-state index contributed by atoms with van der Waals surface area (Å²) in [6.45, 7) is 2.88. The van der Waals surface area contributed by atoms with Crippen molar-refractivity contribution in [2.45, 2.75) is 55.9 Å². The molecule has 1 N–H and O–H groups in total. The van der Waals surface area contributed by atoms with Crippen LogP contribution in [0.4, 0.5) is 0 Å². The smallest absolute Gasteiger partial charge is 0.336 e. The summed E-state index contributed by atoms with van der Waals surface area (Å²) in [4.78, 5) is 27.2. The van der Waals surface area contributed by atoms with Gasteiger partial charge >= 0.3 is 5.97 Å². The Labute approximate surface area is 175 Å². The molecule has 1 saturated heterocycles. The second-order valence-electron chi connectivity index (χ2n) is 7.77. The van der Waals surface area contributed by atoms with Gasteiger partial charge in [0.15, 0.2) is 5.78 Å². The zero-order chi connectivity index (χ0) is 20.4. The lowest BCUT2D eigenvalue weighted by Crippen LogP contribution is -2.35. The number of esters is 1. The summed E-state index contributed by atoms with van der Waals surface area (Å²) in [6.07, 6.45) is 6.12. The second kappa shape index (κ2) is 8.76. The molecular weight excluding hydrogens is 386 g/mol. The molecule has 5 nitrogen and oxygen atoms in total. The average Bonchev–Trinajstić information content (AvgIpc) is 3.25. The van der Waals surface area contributed by atoms with E-state index in [1.54, 1.807) is 11.8 Å². The number of carbonyl (C=O) groups is 2. The van der Waals surface area contributed by atoms with E-state index in [1.807, 2.05) is 37.4 Å². The first-order valence-electron chi connectivity index (χ1n) is 10.2. The van der Waals surface area contributed by atoms with E-state index in [0.29, 0.717) is 12.0 Å². The fourth-order valence-corrected chi connectivity index (χ4v) is 4.81. The van der Waals surface area contributed by atoms with Gasteiger partial charge in [-0.15, -0.1) is 11.8 Å². The minimum atomic E-state index is -0.382. The molecule has 154 valence electrons. The molecule has 2 heterocycles. The Hall–Kier alpha value is -2.05.